The van der Waals surface area contributed by atoms with Crippen molar-refractivity contribution in [3.8, 4) is 0 Å². The molecule has 20 heavy (non-hydrogen) atoms. The number of benzene rings is 1. The van der Waals surface area contributed by atoms with E-state index in [1.807, 2.05) is 0 Å². The summed E-state index contributed by atoms with van der Waals surface area (Å²) in [6.45, 7) is 1.16. The standard InChI is InChI=1S/C14H16ClN3O2/c15-10-3-4-11(16)9(6-10)7-17-8-13(19)18-5-1-2-12(18)14(17)20/h3-4,6,12H,1-2,5,7-8,16H2. The number of nitrogens with two attached hydrogens (primary N) is 1. The molecule has 106 valence electrons. The minimum absolute atomic E-state index is 0.0153. The highest BCUT2D eigenvalue weighted by Gasteiger charge is 2.41. The van der Waals surface area contributed by atoms with Crippen molar-refractivity contribution in [3.63, 3.8) is 0 Å². The highest BCUT2D eigenvalue weighted by atomic mass is 35.5. The predicted octanol–water partition coefficient (Wildman–Crippen LogP) is 1.26. The molecule has 1 aromatic carbocycles. The van der Waals surface area contributed by atoms with Gasteiger partial charge >= 0.3 is 0 Å². The molecule has 2 aliphatic heterocycles. The van der Waals surface area contributed by atoms with Crippen LogP contribution in [-0.4, -0.2) is 40.7 Å². The molecule has 1 unspecified atom stereocenters. The van der Waals surface area contributed by atoms with Crippen molar-refractivity contribution >= 4 is 29.1 Å². The summed E-state index contributed by atoms with van der Waals surface area (Å²) < 4.78 is 0. The Balaban J connectivity index is 1.82. The molecule has 0 saturated carbocycles. The van der Waals surface area contributed by atoms with Crippen LogP contribution in [0.15, 0.2) is 18.2 Å². The minimum Gasteiger partial charge on any atom is -0.398 e. The monoisotopic (exact) mass is 293 g/mol. The van der Waals surface area contributed by atoms with Crippen LogP contribution in [0.2, 0.25) is 5.02 Å². The van der Waals surface area contributed by atoms with Gasteiger partial charge in [-0.1, -0.05) is 11.6 Å². The molecule has 0 radical (unpaired) electrons. The number of amides is 2. The van der Waals surface area contributed by atoms with Crippen LogP contribution in [0.3, 0.4) is 0 Å². The smallest absolute Gasteiger partial charge is 0.246 e. The number of rotatable bonds is 2. The van der Waals surface area contributed by atoms with Gasteiger partial charge in [0.2, 0.25) is 11.8 Å². The summed E-state index contributed by atoms with van der Waals surface area (Å²) >= 11 is 5.95. The van der Waals surface area contributed by atoms with Crippen LogP contribution in [0.4, 0.5) is 5.69 Å². The average Bonchev–Trinajstić information content (AvgIpc) is 2.90. The molecule has 0 aromatic heterocycles. The predicted molar refractivity (Wildman–Crippen MR) is 76.0 cm³/mol. The molecule has 0 bridgehead atoms. The number of halogens is 1. The Hall–Kier alpha value is -1.75. The molecule has 2 heterocycles. The van der Waals surface area contributed by atoms with E-state index in [-0.39, 0.29) is 24.4 Å². The third-order valence-corrected chi connectivity index (χ3v) is 4.20. The first kappa shape index (κ1) is 13.2. The molecule has 2 amide bonds. The van der Waals surface area contributed by atoms with Gasteiger partial charge in [-0.3, -0.25) is 9.59 Å². The number of piperazine rings is 1. The third kappa shape index (κ3) is 2.22. The second-order valence-electron chi connectivity index (χ2n) is 5.28. The lowest BCUT2D eigenvalue weighted by molar-refractivity contribution is -0.154. The van der Waals surface area contributed by atoms with Crippen LogP contribution < -0.4 is 5.73 Å². The van der Waals surface area contributed by atoms with Crippen LogP contribution >= 0.6 is 11.6 Å². The molecular weight excluding hydrogens is 278 g/mol. The van der Waals surface area contributed by atoms with Crippen LogP contribution in [-0.2, 0) is 16.1 Å². The first-order valence-electron chi connectivity index (χ1n) is 6.68. The molecule has 2 N–H and O–H groups in total. The number of nitrogen functional groups attached to an aromatic ring is 1. The zero-order chi connectivity index (χ0) is 14.3. The molecule has 2 saturated heterocycles. The molecule has 1 atom stereocenters. The van der Waals surface area contributed by atoms with Crippen molar-refractivity contribution in [2.45, 2.75) is 25.4 Å². The lowest BCUT2D eigenvalue weighted by Crippen LogP contribution is -2.56. The SMILES string of the molecule is Nc1ccc(Cl)cc1CN1CC(=O)N2CCCC2C1=O. The number of hydrogen-bond donors (Lipinski definition) is 1. The molecule has 1 aromatic rings. The Morgan fingerprint density at radius 3 is 2.95 bits per heavy atom. The van der Waals surface area contributed by atoms with Gasteiger partial charge in [-0.2, -0.15) is 0 Å². The number of nitrogens with zero attached hydrogens (tertiary/aromatic N) is 2. The van der Waals surface area contributed by atoms with Crippen molar-refractivity contribution in [3.05, 3.63) is 28.8 Å². The first-order chi connectivity index (χ1) is 9.56. The van der Waals surface area contributed by atoms with Gasteiger partial charge in [-0.05, 0) is 36.6 Å². The van der Waals surface area contributed by atoms with Crippen molar-refractivity contribution in [1.82, 2.24) is 9.80 Å². The number of hydrogen-bond acceptors (Lipinski definition) is 3. The largest absolute Gasteiger partial charge is 0.398 e. The second-order valence-corrected chi connectivity index (χ2v) is 5.72. The maximum absolute atomic E-state index is 12.4. The van der Waals surface area contributed by atoms with Gasteiger partial charge in [0, 0.05) is 23.8 Å². The summed E-state index contributed by atoms with van der Waals surface area (Å²) in [6.07, 6.45) is 1.65. The topological polar surface area (TPSA) is 66.6 Å². The molecule has 2 aliphatic rings. The van der Waals surface area contributed by atoms with E-state index < -0.39 is 0 Å². The van der Waals surface area contributed by atoms with Gasteiger partial charge in [-0.25, -0.2) is 0 Å². The fourth-order valence-corrected chi connectivity index (χ4v) is 3.11. The fourth-order valence-electron chi connectivity index (χ4n) is 2.92. The van der Waals surface area contributed by atoms with E-state index >= 15 is 0 Å². The maximum atomic E-state index is 12.4. The molecule has 5 nitrogen and oxygen atoms in total. The summed E-state index contributed by atoms with van der Waals surface area (Å²) in [7, 11) is 0. The van der Waals surface area contributed by atoms with E-state index in [9.17, 15) is 9.59 Å². The summed E-state index contributed by atoms with van der Waals surface area (Å²) in [5, 5.41) is 0.576. The van der Waals surface area contributed by atoms with Gasteiger partial charge in [0.1, 0.15) is 12.6 Å². The summed E-state index contributed by atoms with van der Waals surface area (Å²) in [5.41, 5.74) is 7.27. The van der Waals surface area contributed by atoms with Crippen LogP contribution in [0.25, 0.3) is 0 Å². The maximum Gasteiger partial charge on any atom is 0.246 e. The quantitative estimate of drug-likeness (QED) is 0.835. The van der Waals surface area contributed by atoms with E-state index in [1.165, 1.54) is 0 Å². The highest BCUT2D eigenvalue weighted by Crippen LogP contribution is 2.26. The second kappa shape index (κ2) is 4.98. The first-order valence-corrected chi connectivity index (χ1v) is 7.06. The Bertz CT molecular complexity index is 576. The zero-order valence-electron chi connectivity index (χ0n) is 11.0. The van der Waals surface area contributed by atoms with Crippen LogP contribution in [0, 0.1) is 0 Å². The minimum atomic E-state index is -0.281. The molecule has 0 spiro atoms. The van der Waals surface area contributed by atoms with Crippen molar-refractivity contribution in [2.24, 2.45) is 0 Å². The average molecular weight is 294 g/mol. The molecule has 0 aliphatic carbocycles. The summed E-state index contributed by atoms with van der Waals surface area (Å²) in [4.78, 5) is 27.7. The summed E-state index contributed by atoms with van der Waals surface area (Å²) in [6, 6.07) is 4.89. The van der Waals surface area contributed by atoms with E-state index in [1.54, 1.807) is 28.0 Å². The highest BCUT2D eigenvalue weighted by molar-refractivity contribution is 6.30. The molecule has 2 fully saturated rings. The Morgan fingerprint density at radius 1 is 1.35 bits per heavy atom. The zero-order valence-corrected chi connectivity index (χ0v) is 11.8. The van der Waals surface area contributed by atoms with Gasteiger partial charge in [0.25, 0.3) is 0 Å². The van der Waals surface area contributed by atoms with Gasteiger partial charge < -0.3 is 15.5 Å². The molecule has 3 rings (SSSR count). The van der Waals surface area contributed by atoms with E-state index in [0.29, 0.717) is 23.8 Å². The van der Waals surface area contributed by atoms with E-state index in [4.69, 9.17) is 17.3 Å². The molecular formula is C14H16ClN3O2. The van der Waals surface area contributed by atoms with Crippen molar-refractivity contribution in [2.75, 3.05) is 18.8 Å². The van der Waals surface area contributed by atoms with E-state index in [0.717, 1.165) is 18.4 Å². The van der Waals surface area contributed by atoms with E-state index in [2.05, 4.69) is 0 Å². The lowest BCUT2D eigenvalue weighted by Gasteiger charge is -2.36. The van der Waals surface area contributed by atoms with Crippen LogP contribution in [0.5, 0.6) is 0 Å². The lowest BCUT2D eigenvalue weighted by atomic mass is 10.1. The number of carbonyl (C=O) groups excluding carboxylic acids is 2. The Morgan fingerprint density at radius 2 is 2.15 bits per heavy atom. The summed E-state index contributed by atoms with van der Waals surface area (Å²) in [5.74, 6) is 0.0363. The number of fused-ring (bicyclic) bond motifs is 1. The fraction of sp³-hybridized carbons (Fsp3) is 0.429. The third-order valence-electron chi connectivity index (χ3n) is 3.96. The molecule has 6 heteroatoms. The van der Waals surface area contributed by atoms with Crippen molar-refractivity contribution < 1.29 is 9.59 Å². The van der Waals surface area contributed by atoms with Crippen LogP contribution in [0.1, 0.15) is 18.4 Å². The number of anilines is 1. The Labute approximate surface area is 122 Å². The van der Waals surface area contributed by atoms with Gasteiger partial charge in [-0.15, -0.1) is 0 Å². The van der Waals surface area contributed by atoms with Gasteiger partial charge in [0.05, 0.1) is 0 Å². The normalized spacial score (nSPS) is 22.4. The van der Waals surface area contributed by atoms with Crippen molar-refractivity contribution in [1.29, 1.82) is 0 Å². The Kier molecular flexibility index (Phi) is 3.30. The van der Waals surface area contributed by atoms with Gasteiger partial charge in [0.15, 0.2) is 0 Å². The number of carbonyl (C=O) groups is 2.